The molecule has 0 aliphatic rings. The second kappa shape index (κ2) is 22.5. The van der Waals surface area contributed by atoms with Crippen LogP contribution in [0.4, 0.5) is 5.82 Å². The molecule has 1 aromatic rings. The second-order valence-electron chi connectivity index (χ2n) is 9.39. The highest BCUT2D eigenvalue weighted by molar-refractivity contribution is 7.52. The van der Waals surface area contributed by atoms with Gasteiger partial charge >= 0.3 is 13.3 Å². The lowest BCUT2D eigenvalue weighted by molar-refractivity contribution is 0.0162. The first-order valence-corrected chi connectivity index (χ1v) is 15.6. The summed E-state index contributed by atoms with van der Waals surface area (Å²) in [5.74, 6) is -0.0269. The number of unbranched alkanes of at least 4 members (excludes halogenated alkanes) is 13. The van der Waals surface area contributed by atoms with Crippen LogP contribution in [0.5, 0.6) is 0 Å². The maximum atomic E-state index is 12.6. The van der Waals surface area contributed by atoms with Gasteiger partial charge in [0.25, 0.3) is 0 Å². The van der Waals surface area contributed by atoms with E-state index in [1.165, 1.54) is 70.1 Å². The van der Waals surface area contributed by atoms with Gasteiger partial charge in [0.15, 0.2) is 0 Å². The molecule has 0 bridgehead atoms. The van der Waals surface area contributed by atoms with Gasteiger partial charge in [0.2, 0.25) is 0 Å². The number of hydrogen-bond acceptors (Lipinski definition) is 8. The Kier molecular flexibility index (Phi) is 15.2. The van der Waals surface area contributed by atoms with Gasteiger partial charge in [-0.15, -0.1) is 0 Å². The monoisotopic (exact) mass is 567 g/mol. The summed E-state index contributed by atoms with van der Waals surface area (Å²) >= 11 is 0. The molecule has 1 heterocycles. The van der Waals surface area contributed by atoms with Gasteiger partial charge in [-0.2, -0.15) is 4.98 Å². The van der Waals surface area contributed by atoms with E-state index in [0.29, 0.717) is 6.42 Å². The second-order valence-corrected chi connectivity index (χ2v) is 11.1. The third-order valence-electron chi connectivity index (χ3n) is 5.94. The molecule has 0 aliphatic carbocycles. The van der Waals surface area contributed by atoms with Crippen LogP contribution in [0.3, 0.4) is 0 Å². The first-order valence-electron chi connectivity index (χ1n) is 16.8. The van der Waals surface area contributed by atoms with Crippen molar-refractivity contribution < 1.29 is 36.8 Å². The third-order valence-corrected chi connectivity index (χ3v) is 6.79. The molecule has 1 aromatic heterocycles. The van der Waals surface area contributed by atoms with Crippen molar-refractivity contribution in [3.63, 3.8) is 0 Å². The molecule has 11 heteroatoms. The Morgan fingerprint density at radius 2 is 1.61 bits per heavy atom. The molecule has 10 nitrogen and oxygen atoms in total. The standard InChI is InChI=1S/C27H52N3O7P/c1-2-3-4-5-6-7-8-9-10-11-12-13-14-15-19-35-20-16-21-37-38(33,34)24-36-25(23-31)22-30-18-17-26(28)29-27(30)32/h17-18,25,31H,2-16,19-24H2,1H3,(H,33,34)(H2,28,29,32)/t25-/m0/s1/i16D2,20D2,21D2. The Balaban J connectivity index is 2.42. The van der Waals surface area contributed by atoms with Crippen LogP contribution < -0.4 is 11.4 Å². The van der Waals surface area contributed by atoms with Gasteiger partial charge in [-0.25, -0.2) is 4.79 Å². The molecule has 0 spiro atoms. The lowest BCUT2D eigenvalue weighted by Crippen LogP contribution is -2.32. The predicted molar refractivity (Wildman–Crippen MR) is 151 cm³/mol. The molecule has 0 aliphatic heterocycles. The molecule has 222 valence electrons. The quantitative estimate of drug-likeness (QED) is 0.101. The number of anilines is 1. The van der Waals surface area contributed by atoms with Crippen LogP contribution in [0.2, 0.25) is 0 Å². The van der Waals surface area contributed by atoms with Gasteiger partial charge in [0, 0.05) is 22.1 Å². The van der Waals surface area contributed by atoms with Crippen LogP contribution in [-0.2, 0) is 25.1 Å². The minimum atomic E-state index is -5.03. The minimum absolute atomic E-state index is 0.0269. The van der Waals surface area contributed by atoms with E-state index < -0.39 is 51.8 Å². The van der Waals surface area contributed by atoms with Crippen molar-refractivity contribution in [3.05, 3.63) is 22.7 Å². The Labute approximate surface area is 237 Å². The molecule has 0 fully saturated rings. The maximum absolute atomic E-state index is 12.6. The number of rotatable bonds is 26. The van der Waals surface area contributed by atoms with E-state index in [2.05, 4.69) is 16.4 Å². The first-order chi connectivity index (χ1) is 20.6. The number of nitrogens with two attached hydrogens (primary N) is 1. The summed E-state index contributed by atoms with van der Waals surface area (Å²) in [7, 11) is -5.03. The average Bonchev–Trinajstić information content (AvgIpc) is 2.93. The lowest BCUT2D eigenvalue weighted by Gasteiger charge is -2.19. The van der Waals surface area contributed by atoms with Gasteiger partial charge in [0.05, 0.1) is 31.3 Å². The van der Waals surface area contributed by atoms with E-state index in [9.17, 15) is 19.4 Å². The fraction of sp³-hybridized carbons (Fsp3) is 0.852. The maximum Gasteiger partial charge on any atom is 0.353 e. The number of aliphatic hydroxyl groups excluding tert-OH is 1. The molecular weight excluding hydrogens is 509 g/mol. The summed E-state index contributed by atoms with van der Waals surface area (Å²) in [6.45, 7) is -5.73. The van der Waals surface area contributed by atoms with Crippen molar-refractivity contribution in [1.29, 1.82) is 0 Å². The van der Waals surface area contributed by atoms with E-state index in [1.807, 2.05) is 0 Å². The molecule has 38 heavy (non-hydrogen) atoms. The van der Waals surface area contributed by atoms with Crippen molar-refractivity contribution in [2.24, 2.45) is 0 Å². The number of nitrogen functional groups attached to an aromatic ring is 1. The van der Waals surface area contributed by atoms with E-state index in [4.69, 9.17) is 23.4 Å². The topological polar surface area (TPSA) is 146 Å². The molecule has 1 unspecified atom stereocenters. The molecular formula is C27H52N3O7P. The van der Waals surface area contributed by atoms with E-state index in [0.717, 1.165) is 30.3 Å². The van der Waals surface area contributed by atoms with Crippen LogP contribution in [0.15, 0.2) is 17.1 Å². The normalized spacial score (nSPS) is 17.4. The van der Waals surface area contributed by atoms with Crippen LogP contribution >= 0.6 is 7.60 Å². The predicted octanol–water partition coefficient (Wildman–Crippen LogP) is 5.25. The largest absolute Gasteiger partial charge is 0.394 e. The van der Waals surface area contributed by atoms with Gasteiger partial charge in [0.1, 0.15) is 12.2 Å². The number of aromatic nitrogens is 2. The van der Waals surface area contributed by atoms with E-state index in [1.54, 1.807) is 0 Å². The molecule has 0 radical (unpaired) electrons. The minimum Gasteiger partial charge on any atom is -0.394 e. The zero-order valence-electron chi connectivity index (χ0n) is 28.8. The van der Waals surface area contributed by atoms with Crippen molar-refractivity contribution in [1.82, 2.24) is 9.55 Å². The lowest BCUT2D eigenvalue weighted by atomic mass is 10.0. The van der Waals surface area contributed by atoms with E-state index >= 15 is 0 Å². The van der Waals surface area contributed by atoms with Crippen molar-refractivity contribution >= 4 is 13.4 Å². The highest BCUT2D eigenvalue weighted by atomic mass is 31.2. The zero-order chi connectivity index (χ0) is 33.3. The fourth-order valence-electron chi connectivity index (χ4n) is 3.76. The summed E-state index contributed by atoms with van der Waals surface area (Å²) in [5, 5.41) is 9.53. The Hall–Kier alpha value is -1.29. The SMILES string of the molecule is [2H]C([2H])(OCCCCCCCCCCCCCCCC)C([2H])([2H])C([2H])([2H])OP(=O)(O)CO[C@H](CO)Cn1ccc(N)nc1=O. The molecule has 0 saturated carbocycles. The number of aliphatic hydroxyl groups is 1. The molecule has 0 aromatic carbocycles. The summed E-state index contributed by atoms with van der Waals surface area (Å²) < 4.78 is 76.2. The number of hydrogen-bond donors (Lipinski definition) is 3. The Morgan fingerprint density at radius 3 is 2.16 bits per heavy atom. The summed E-state index contributed by atoms with van der Waals surface area (Å²) in [5.41, 5.74) is 4.67. The molecule has 2 atom stereocenters. The Morgan fingerprint density at radius 1 is 1.03 bits per heavy atom. The van der Waals surface area contributed by atoms with Crippen molar-refractivity contribution in [2.45, 2.75) is 116 Å². The molecule has 4 N–H and O–H groups in total. The fourth-order valence-corrected chi connectivity index (χ4v) is 4.40. The van der Waals surface area contributed by atoms with Crippen LogP contribution in [0, 0.1) is 0 Å². The summed E-state index contributed by atoms with van der Waals surface area (Å²) in [4.78, 5) is 25.5. The van der Waals surface area contributed by atoms with Gasteiger partial charge in [-0.1, -0.05) is 90.4 Å². The molecule has 1 rings (SSSR count). The summed E-state index contributed by atoms with van der Waals surface area (Å²) in [6, 6.07) is 1.32. The van der Waals surface area contributed by atoms with Gasteiger partial charge in [-0.3, -0.25) is 9.13 Å². The highest BCUT2D eigenvalue weighted by Gasteiger charge is 2.22. The van der Waals surface area contributed by atoms with Gasteiger partial charge in [-0.05, 0) is 18.9 Å². The number of nitrogens with zero attached hydrogens (tertiary/aromatic N) is 2. The van der Waals surface area contributed by atoms with E-state index in [-0.39, 0.29) is 19.0 Å². The highest BCUT2D eigenvalue weighted by Crippen LogP contribution is 2.42. The van der Waals surface area contributed by atoms with Crippen LogP contribution in [0.1, 0.15) is 111 Å². The first kappa shape index (κ1) is 25.7. The van der Waals surface area contributed by atoms with Crippen LogP contribution in [0.25, 0.3) is 0 Å². The Bertz CT molecular complexity index is 1050. The zero-order valence-corrected chi connectivity index (χ0v) is 23.7. The molecule has 0 saturated heterocycles. The van der Waals surface area contributed by atoms with Crippen molar-refractivity contribution in [2.75, 3.05) is 38.4 Å². The number of ether oxygens (including phenoxy) is 2. The average molecular weight is 568 g/mol. The smallest absolute Gasteiger partial charge is 0.353 e. The summed E-state index contributed by atoms with van der Waals surface area (Å²) in [6.07, 6.45) is 11.2. The van der Waals surface area contributed by atoms with Gasteiger partial charge < -0.3 is 29.7 Å². The van der Waals surface area contributed by atoms with Crippen LogP contribution in [-0.4, -0.2) is 58.3 Å². The molecule has 0 amide bonds. The third kappa shape index (κ3) is 18.9. The van der Waals surface area contributed by atoms with Crippen molar-refractivity contribution in [3.8, 4) is 0 Å².